The molecule has 0 heterocycles. The molecule has 2 nitrogen and oxygen atoms in total. The van der Waals surface area contributed by atoms with Gasteiger partial charge in [0.2, 0.25) is 0 Å². The SMILES string of the molecule is CC(C)(C)c1ccc(-c2ccc(N(c3ccc4c(c3)Cc3ccccc3-4)c3cccc4c3C35c6c(cccc6N(c6ccccc6)c6ccccc6)CC3CCC5C4)cc2)cc1. The lowest BCUT2D eigenvalue weighted by Crippen LogP contribution is -2.34. The summed E-state index contributed by atoms with van der Waals surface area (Å²) in [7, 11) is 0. The van der Waals surface area contributed by atoms with Gasteiger partial charge in [0.25, 0.3) is 0 Å². The van der Waals surface area contributed by atoms with E-state index in [4.69, 9.17) is 0 Å². The molecule has 0 N–H and O–H groups in total. The maximum absolute atomic E-state index is 2.62. The summed E-state index contributed by atoms with van der Waals surface area (Å²) in [4.78, 5) is 5.16. The van der Waals surface area contributed by atoms with Crippen LogP contribution in [0, 0.1) is 11.8 Å². The van der Waals surface area contributed by atoms with Gasteiger partial charge >= 0.3 is 0 Å². The summed E-state index contributed by atoms with van der Waals surface area (Å²) in [6, 6.07) is 71.2. The minimum absolute atomic E-state index is 0.111. The smallest absolute Gasteiger partial charge is 0.0505 e. The Morgan fingerprint density at radius 2 is 0.887 bits per heavy atom. The van der Waals surface area contributed by atoms with E-state index in [0.717, 1.165) is 19.3 Å². The highest BCUT2D eigenvalue weighted by atomic mass is 15.2. The summed E-state index contributed by atoms with van der Waals surface area (Å²) < 4.78 is 0. The molecule has 8 aromatic carbocycles. The number of para-hydroxylation sites is 2. The molecule has 302 valence electrons. The molecule has 1 saturated carbocycles. The molecule has 2 heteroatoms. The largest absolute Gasteiger partial charge is 0.310 e. The van der Waals surface area contributed by atoms with Gasteiger partial charge in [-0.3, -0.25) is 0 Å². The van der Waals surface area contributed by atoms with Crippen LogP contribution in [-0.4, -0.2) is 0 Å². The third kappa shape index (κ3) is 5.69. The van der Waals surface area contributed by atoms with E-state index in [2.05, 4.69) is 219 Å². The zero-order valence-electron chi connectivity index (χ0n) is 36.0. The summed E-state index contributed by atoms with van der Waals surface area (Å²) in [5.74, 6) is 1.07. The molecule has 8 aromatic rings. The van der Waals surface area contributed by atoms with E-state index in [1.165, 1.54) is 97.0 Å². The Morgan fingerprint density at radius 3 is 1.47 bits per heavy atom. The number of nitrogens with zero attached hydrogens (tertiary/aromatic N) is 2. The molecule has 4 aliphatic rings. The summed E-state index contributed by atoms with van der Waals surface area (Å²) in [5, 5.41) is 0. The van der Waals surface area contributed by atoms with Crippen LogP contribution in [0.4, 0.5) is 34.1 Å². The van der Waals surface area contributed by atoms with E-state index in [1.54, 1.807) is 11.1 Å². The summed E-state index contributed by atoms with van der Waals surface area (Å²) in [6.45, 7) is 6.85. The van der Waals surface area contributed by atoms with Crippen LogP contribution in [0.2, 0.25) is 0 Å². The molecule has 0 amide bonds. The minimum Gasteiger partial charge on any atom is -0.310 e. The second-order valence-corrected chi connectivity index (χ2v) is 19.3. The first-order valence-corrected chi connectivity index (χ1v) is 22.7. The quantitative estimate of drug-likeness (QED) is 0.158. The molecule has 12 rings (SSSR count). The van der Waals surface area contributed by atoms with Crippen molar-refractivity contribution in [3.63, 3.8) is 0 Å². The molecule has 62 heavy (non-hydrogen) atoms. The molecule has 1 spiro atoms. The van der Waals surface area contributed by atoms with E-state index < -0.39 is 0 Å². The number of hydrogen-bond acceptors (Lipinski definition) is 2. The molecule has 4 aliphatic carbocycles. The van der Waals surface area contributed by atoms with Gasteiger partial charge < -0.3 is 9.80 Å². The van der Waals surface area contributed by atoms with Gasteiger partial charge in [0, 0.05) is 28.2 Å². The number of anilines is 6. The van der Waals surface area contributed by atoms with E-state index in [0.29, 0.717) is 11.8 Å². The van der Waals surface area contributed by atoms with E-state index in [1.807, 2.05) is 0 Å². The molecule has 3 unspecified atom stereocenters. The van der Waals surface area contributed by atoms with Gasteiger partial charge in [0.15, 0.2) is 0 Å². The van der Waals surface area contributed by atoms with E-state index in [9.17, 15) is 0 Å². The number of hydrogen-bond donors (Lipinski definition) is 0. The minimum atomic E-state index is -0.111. The van der Waals surface area contributed by atoms with Crippen molar-refractivity contribution in [2.45, 2.75) is 63.7 Å². The van der Waals surface area contributed by atoms with Crippen LogP contribution < -0.4 is 9.80 Å². The zero-order chi connectivity index (χ0) is 41.6. The van der Waals surface area contributed by atoms with E-state index >= 15 is 0 Å². The second-order valence-electron chi connectivity index (χ2n) is 19.3. The average molecular weight is 801 g/mol. The standard InChI is InChI=1S/C60H52N2/c1-59(2,3)46-28-24-40(25-29-46)41-26-32-51(33-27-41)62(52-34-35-54-45(39-52)36-42-14-10-11-21-53(42)54)56-23-13-16-44-38-48-31-30-47-37-43-15-12-22-55(57(43)60(47,48)58(44)56)61(49-17-6-4-7-18-49)50-19-8-5-9-20-50/h4-29,32-35,39,47-48H,30-31,36-38H2,1-3H3. The molecule has 1 fully saturated rings. The Balaban J connectivity index is 1.06. The number of rotatable bonds is 7. The second kappa shape index (κ2) is 14.2. The molecular formula is C60H52N2. The van der Waals surface area contributed by atoms with Crippen molar-refractivity contribution in [3.05, 3.63) is 227 Å². The summed E-state index contributed by atoms with van der Waals surface area (Å²) in [6.07, 6.45) is 5.70. The normalized spacial score (nSPS) is 19.0. The number of benzene rings is 8. The molecule has 0 radical (unpaired) electrons. The van der Waals surface area contributed by atoms with Crippen LogP contribution >= 0.6 is 0 Å². The Labute approximate surface area is 367 Å². The average Bonchev–Trinajstić information content (AvgIpc) is 4.04. The Hall–Kier alpha value is -6.64. The first kappa shape index (κ1) is 37.1. The van der Waals surface area contributed by atoms with Gasteiger partial charge in [-0.15, -0.1) is 0 Å². The zero-order valence-corrected chi connectivity index (χ0v) is 36.0. The van der Waals surface area contributed by atoms with Crippen LogP contribution in [0.5, 0.6) is 0 Å². The lowest BCUT2D eigenvalue weighted by Gasteiger charge is -2.40. The Kier molecular flexibility index (Phi) is 8.52. The topological polar surface area (TPSA) is 6.48 Å². The molecular weight excluding hydrogens is 749 g/mol. The van der Waals surface area contributed by atoms with Gasteiger partial charge in [-0.25, -0.2) is 0 Å². The van der Waals surface area contributed by atoms with Crippen LogP contribution in [-0.2, 0) is 30.1 Å². The predicted molar refractivity (Wildman–Crippen MR) is 259 cm³/mol. The third-order valence-electron chi connectivity index (χ3n) is 14.9. The maximum atomic E-state index is 2.62. The molecule has 0 bridgehead atoms. The summed E-state index contributed by atoms with van der Waals surface area (Å²) in [5.41, 5.74) is 23.0. The van der Waals surface area contributed by atoms with Crippen LogP contribution in [0.15, 0.2) is 188 Å². The maximum Gasteiger partial charge on any atom is 0.0505 e. The van der Waals surface area contributed by atoms with Gasteiger partial charge in [0.05, 0.1) is 11.4 Å². The number of fused-ring (bicyclic) bond motifs is 5. The van der Waals surface area contributed by atoms with Crippen molar-refractivity contribution in [1.29, 1.82) is 0 Å². The summed E-state index contributed by atoms with van der Waals surface area (Å²) >= 11 is 0. The van der Waals surface area contributed by atoms with Gasteiger partial charge in [-0.2, -0.15) is 0 Å². The lowest BCUT2D eigenvalue weighted by molar-refractivity contribution is 0.350. The highest BCUT2D eigenvalue weighted by molar-refractivity contribution is 5.88. The highest BCUT2D eigenvalue weighted by Crippen LogP contribution is 2.69. The van der Waals surface area contributed by atoms with Gasteiger partial charge in [0.1, 0.15) is 0 Å². The third-order valence-corrected chi connectivity index (χ3v) is 14.9. The van der Waals surface area contributed by atoms with Crippen LogP contribution in [0.3, 0.4) is 0 Å². The van der Waals surface area contributed by atoms with Crippen molar-refractivity contribution in [1.82, 2.24) is 0 Å². The highest BCUT2D eigenvalue weighted by Gasteiger charge is 2.62. The molecule has 0 aliphatic heterocycles. The van der Waals surface area contributed by atoms with Crippen molar-refractivity contribution in [2.75, 3.05) is 9.80 Å². The molecule has 0 aromatic heterocycles. The molecule has 0 saturated heterocycles. The first-order chi connectivity index (χ1) is 30.4. The predicted octanol–water partition coefficient (Wildman–Crippen LogP) is 15.6. The van der Waals surface area contributed by atoms with Crippen molar-refractivity contribution >= 4 is 34.1 Å². The van der Waals surface area contributed by atoms with Crippen molar-refractivity contribution < 1.29 is 0 Å². The first-order valence-electron chi connectivity index (χ1n) is 22.7. The van der Waals surface area contributed by atoms with Crippen molar-refractivity contribution in [2.24, 2.45) is 11.8 Å². The lowest BCUT2D eigenvalue weighted by atomic mass is 9.68. The monoisotopic (exact) mass is 800 g/mol. The van der Waals surface area contributed by atoms with Gasteiger partial charge in [-0.1, -0.05) is 148 Å². The Morgan fingerprint density at radius 1 is 0.419 bits per heavy atom. The fraction of sp³-hybridized carbons (Fsp3) is 0.200. The fourth-order valence-electron chi connectivity index (χ4n) is 12.3. The van der Waals surface area contributed by atoms with Crippen LogP contribution in [0.1, 0.15) is 72.6 Å². The van der Waals surface area contributed by atoms with E-state index in [-0.39, 0.29) is 10.8 Å². The van der Waals surface area contributed by atoms with Gasteiger partial charge in [-0.05, 0) is 171 Å². The van der Waals surface area contributed by atoms with Crippen molar-refractivity contribution in [3.8, 4) is 22.3 Å². The Bertz CT molecular complexity index is 2930. The van der Waals surface area contributed by atoms with Crippen LogP contribution in [0.25, 0.3) is 22.3 Å². The molecule has 3 atom stereocenters. The fourth-order valence-corrected chi connectivity index (χ4v) is 12.3.